The van der Waals surface area contributed by atoms with E-state index < -0.39 is 6.41 Å². The van der Waals surface area contributed by atoms with Crippen molar-refractivity contribution in [3.63, 3.8) is 0 Å². The van der Waals surface area contributed by atoms with Crippen LogP contribution in [-0.4, -0.2) is 55.6 Å². The quantitative estimate of drug-likeness (QED) is 0.430. The molecule has 5 heteroatoms. The zero-order valence-electron chi connectivity index (χ0n) is 6.81. The van der Waals surface area contributed by atoms with Crippen molar-refractivity contribution < 1.29 is 19.4 Å². The number of ether oxygens (including phenoxy) is 2. The van der Waals surface area contributed by atoms with Gasteiger partial charge in [-0.25, -0.2) is 0 Å². The molecule has 1 atom stereocenters. The summed E-state index contributed by atoms with van der Waals surface area (Å²) < 4.78 is 9.86. The number of rotatable bonds is 4. The molecule has 0 spiro atoms. The van der Waals surface area contributed by atoms with Gasteiger partial charge in [0.1, 0.15) is 12.9 Å². The van der Waals surface area contributed by atoms with Crippen LogP contribution in [0, 0.1) is 0 Å². The second-order valence-corrected chi connectivity index (χ2v) is 2.47. The second-order valence-electron chi connectivity index (χ2n) is 2.47. The fourth-order valence-electron chi connectivity index (χ4n) is 1.03. The van der Waals surface area contributed by atoms with Crippen LogP contribution >= 0.6 is 0 Å². The third-order valence-electron chi connectivity index (χ3n) is 1.67. The maximum Gasteiger partial charge on any atom is 0.216 e. The highest BCUT2D eigenvalue weighted by molar-refractivity contribution is 5.50. The summed E-state index contributed by atoms with van der Waals surface area (Å²) in [5.74, 6) is 0. The molecule has 0 aromatic rings. The molecule has 12 heavy (non-hydrogen) atoms. The Kier molecular flexibility index (Phi) is 4.16. The molecule has 0 saturated carbocycles. The zero-order chi connectivity index (χ0) is 8.81. The Bertz CT molecular complexity index is 135. The second kappa shape index (κ2) is 5.21. The molecule has 0 bridgehead atoms. The predicted molar refractivity (Wildman–Crippen MR) is 40.4 cm³/mol. The summed E-state index contributed by atoms with van der Waals surface area (Å²) in [5.41, 5.74) is 0. The number of carbonyl (C=O) groups is 1. The summed E-state index contributed by atoms with van der Waals surface area (Å²) in [6.07, 6.45) is -0.358. The van der Waals surface area contributed by atoms with E-state index in [0.29, 0.717) is 32.6 Å². The van der Waals surface area contributed by atoms with Crippen molar-refractivity contribution in [2.75, 3.05) is 32.9 Å². The standard InChI is InChI=1S/C7H13NO4/c9-3-6-12-7(10)8-1-4-11-5-2-8/h3,7,10H,1-2,4-6H2. The monoisotopic (exact) mass is 175 g/mol. The summed E-state index contributed by atoms with van der Waals surface area (Å²) in [4.78, 5) is 11.6. The van der Waals surface area contributed by atoms with E-state index in [2.05, 4.69) is 0 Å². The van der Waals surface area contributed by atoms with Gasteiger partial charge >= 0.3 is 0 Å². The summed E-state index contributed by atoms with van der Waals surface area (Å²) in [6.45, 7) is 2.40. The average Bonchev–Trinajstić information content (AvgIpc) is 2.15. The Labute approximate surface area is 70.9 Å². The van der Waals surface area contributed by atoms with Crippen LogP contribution in [0.25, 0.3) is 0 Å². The Hall–Kier alpha value is -0.490. The van der Waals surface area contributed by atoms with E-state index in [1.807, 2.05) is 0 Å². The molecule has 0 aromatic carbocycles. The number of hydrogen-bond acceptors (Lipinski definition) is 5. The van der Waals surface area contributed by atoms with Crippen molar-refractivity contribution in [2.24, 2.45) is 0 Å². The smallest absolute Gasteiger partial charge is 0.216 e. The maximum atomic E-state index is 9.91. The van der Waals surface area contributed by atoms with Crippen LogP contribution in [0.5, 0.6) is 0 Å². The lowest BCUT2D eigenvalue weighted by atomic mass is 10.4. The van der Waals surface area contributed by atoms with Gasteiger partial charge in [0.2, 0.25) is 6.41 Å². The molecule has 0 radical (unpaired) electrons. The third kappa shape index (κ3) is 2.86. The first kappa shape index (κ1) is 9.60. The lowest BCUT2D eigenvalue weighted by Crippen LogP contribution is -2.44. The van der Waals surface area contributed by atoms with Gasteiger partial charge in [-0.05, 0) is 0 Å². The highest BCUT2D eigenvalue weighted by Gasteiger charge is 2.18. The molecule has 5 nitrogen and oxygen atoms in total. The predicted octanol–water partition coefficient (Wildman–Crippen LogP) is -1.19. The van der Waals surface area contributed by atoms with E-state index in [1.54, 1.807) is 4.90 Å². The molecule has 1 aliphatic rings. The maximum absolute atomic E-state index is 9.91. The molecule has 0 aromatic heterocycles. The molecule has 1 aliphatic heterocycles. The molecule has 1 fully saturated rings. The normalized spacial score (nSPS) is 22.1. The SMILES string of the molecule is O=CCOC(O)N1CCOCC1. The number of carbonyl (C=O) groups excluding carboxylic acids is 1. The molecule has 0 aliphatic carbocycles. The first-order chi connectivity index (χ1) is 5.84. The molecular formula is C7H13NO4. The van der Waals surface area contributed by atoms with Gasteiger partial charge in [-0.1, -0.05) is 0 Å². The summed E-state index contributed by atoms with van der Waals surface area (Å²) >= 11 is 0. The zero-order valence-corrected chi connectivity index (χ0v) is 6.81. The van der Waals surface area contributed by atoms with Gasteiger partial charge in [-0.3, -0.25) is 4.90 Å². The van der Waals surface area contributed by atoms with Crippen molar-refractivity contribution in [3.05, 3.63) is 0 Å². The lowest BCUT2D eigenvalue weighted by Gasteiger charge is -2.30. The molecule has 1 heterocycles. The van der Waals surface area contributed by atoms with Gasteiger partial charge < -0.3 is 19.4 Å². The molecular weight excluding hydrogens is 162 g/mol. The Morgan fingerprint density at radius 2 is 2.25 bits per heavy atom. The van der Waals surface area contributed by atoms with E-state index in [-0.39, 0.29) is 6.61 Å². The van der Waals surface area contributed by atoms with Gasteiger partial charge in [0.05, 0.1) is 13.2 Å². The number of hydrogen-bond donors (Lipinski definition) is 1. The van der Waals surface area contributed by atoms with Gasteiger partial charge in [-0.15, -0.1) is 0 Å². The number of nitrogens with zero attached hydrogens (tertiary/aromatic N) is 1. The summed E-state index contributed by atoms with van der Waals surface area (Å²) in [6, 6.07) is 0. The minimum Gasteiger partial charge on any atom is -0.379 e. The van der Waals surface area contributed by atoms with E-state index >= 15 is 0 Å². The Morgan fingerprint density at radius 3 is 2.83 bits per heavy atom. The Balaban J connectivity index is 2.19. The highest BCUT2D eigenvalue weighted by Crippen LogP contribution is 2.01. The van der Waals surface area contributed by atoms with E-state index in [9.17, 15) is 9.90 Å². The molecule has 1 saturated heterocycles. The number of aliphatic hydroxyl groups excluding tert-OH is 1. The topological polar surface area (TPSA) is 59.0 Å². The van der Waals surface area contributed by atoms with Gasteiger partial charge in [-0.2, -0.15) is 0 Å². The molecule has 0 amide bonds. The van der Waals surface area contributed by atoms with Crippen molar-refractivity contribution in [3.8, 4) is 0 Å². The summed E-state index contributed by atoms with van der Waals surface area (Å²) in [5, 5.41) is 9.29. The van der Waals surface area contributed by atoms with Gasteiger partial charge in [0, 0.05) is 13.1 Å². The molecule has 1 rings (SSSR count). The number of aldehydes is 1. The Morgan fingerprint density at radius 1 is 1.58 bits per heavy atom. The largest absolute Gasteiger partial charge is 0.379 e. The number of aliphatic hydroxyl groups is 1. The van der Waals surface area contributed by atoms with Crippen LogP contribution in [0.2, 0.25) is 0 Å². The van der Waals surface area contributed by atoms with Crippen LogP contribution in [0.4, 0.5) is 0 Å². The highest BCUT2D eigenvalue weighted by atomic mass is 16.6. The van der Waals surface area contributed by atoms with E-state index in [0.717, 1.165) is 0 Å². The van der Waals surface area contributed by atoms with Gasteiger partial charge in [0.25, 0.3) is 0 Å². The van der Waals surface area contributed by atoms with Crippen molar-refractivity contribution in [2.45, 2.75) is 6.41 Å². The fourth-order valence-corrected chi connectivity index (χ4v) is 1.03. The summed E-state index contributed by atoms with van der Waals surface area (Å²) in [7, 11) is 0. The van der Waals surface area contributed by atoms with Crippen LogP contribution in [-0.2, 0) is 14.3 Å². The van der Waals surface area contributed by atoms with Crippen LogP contribution in [0.3, 0.4) is 0 Å². The molecule has 1 N–H and O–H groups in total. The van der Waals surface area contributed by atoms with Crippen molar-refractivity contribution in [1.29, 1.82) is 0 Å². The van der Waals surface area contributed by atoms with Gasteiger partial charge in [0.15, 0.2) is 0 Å². The van der Waals surface area contributed by atoms with Crippen molar-refractivity contribution in [1.82, 2.24) is 4.90 Å². The minimum absolute atomic E-state index is 0.0709. The fraction of sp³-hybridized carbons (Fsp3) is 0.857. The first-order valence-corrected chi connectivity index (χ1v) is 3.89. The first-order valence-electron chi connectivity index (χ1n) is 3.89. The van der Waals surface area contributed by atoms with E-state index in [4.69, 9.17) is 9.47 Å². The third-order valence-corrected chi connectivity index (χ3v) is 1.67. The van der Waals surface area contributed by atoms with Crippen molar-refractivity contribution >= 4 is 6.29 Å². The van der Waals surface area contributed by atoms with E-state index in [1.165, 1.54) is 0 Å². The molecule has 1 unspecified atom stereocenters. The average molecular weight is 175 g/mol. The molecule has 70 valence electrons. The van der Waals surface area contributed by atoms with Crippen LogP contribution in [0.1, 0.15) is 0 Å². The van der Waals surface area contributed by atoms with Crippen LogP contribution < -0.4 is 0 Å². The number of morpholine rings is 1. The lowest BCUT2D eigenvalue weighted by molar-refractivity contribution is -0.206. The van der Waals surface area contributed by atoms with Crippen LogP contribution in [0.15, 0.2) is 0 Å². The minimum atomic E-state index is -0.973.